The maximum atomic E-state index is 13.9. The Bertz CT molecular complexity index is 1360. The fraction of sp³-hybridized carbons (Fsp3) is 0.409. The van der Waals surface area contributed by atoms with Crippen molar-refractivity contribution in [2.75, 3.05) is 23.3 Å². The number of aryl methyl sites for hydroxylation is 1. The van der Waals surface area contributed by atoms with Crippen molar-refractivity contribution in [3.05, 3.63) is 35.8 Å². The van der Waals surface area contributed by atoms with Crippen molar-refractivity contribution >= 4 is 46.0 Å². The second kappa shape index (κ2) is 8.64. The van der Waals surface area contributed by atoms with Gasteiger partial charge in [-0.1, -0.05) is 0 Å². The molecule has 0 saturated carbocycles. The van der Waals surface area contributed by atoms with Gasteiger partial charge < -0.3 is 15.5 Å². The van der Waals surface area contributed by atoms with Crippen molar-refractivity contribution in [1.82, 2.24) is 29.0 Å². The lowest BCUT2D eigenvalue weighted by Crippen LogP contribution is -2.74. The Morgan fingerprint density at radius 2 is 2.08 bits per heavy atom. The van der Waals surface area contributed by atoms with Crippen LogP contribution in [0, 0.1) is 6.92 Å². The molecule has 3 N–H and O–H groups in total. The number of carbonyl (C=O) groups is 3. The van der Waals surface area contributed by atoms with Crippen LogP contribution in [0.4, 0.5) is 16.8 Å². The van der Waals surface area contributed by atoms with Crippen LogP contribution in [0.3, 0.4) is 0 Å². The molecule has 5 rings (SSSR count). The molecule has 0 spiro atoms. The van der Waals surface area contributed by atoms with E-state index in [-0.39, 0.29) is 36.4 Å². The highest BCUT2D eigenvalue weighted by Gasteiger charge is 2.62. The molecule has 13 nitrogen and oxygen atoms in total. The predicted molar refractivity (Wildman–Crippen MR) is 129 cm³/mol. The van der Waals surface area contributed by atoms with Crippen molar-refractivity contribution in [3.8, 4) is 5.88 Å². The third kappa shape index (κ3) is 3.52. The van der Waals surface area contributed by atoms with E-state index in [1.165, 1.54) is 22.0 Å². The second-order valence-corrected chi connectivity index (χ2v) is 9.80. The van der Waals surface area contributed by atoms with Gasteiger partial charge in [0.05, 0.1) is 24.2 Å². The summed E-state index contributed by atoms with van der Waals surface area (Å²) in [5.74, 6) is -2.17. The first kappa shape index (κ1) is 23.8. The number of hydrogen-bond acceptors (Lipinski definition) is 11. The highest BCUT2D eigenvalue weighted by atomic mass is 32.1. The van der Waals surface area contributed by atoms with Crippen LogP contribution in [-0.2, 0) is 9.59 Å². The molecule has 0 radical (unpaired) electrons. The number of anilines is 3. The van der Waals surface area contributed by atoms with Crippen molar-refractivity contribution in [2.24, 2.45) is 0 Å². The minimum Gasteiger partial charge on any atom is -0.493 e. The van der Waals surface area contributed by atoms with Crippen LogP contribution in [0.1, 0.15) is 42.2 Å². The third-order valence-corrected chi connectivity index (χ3v) is 7.28. The Kier molecular flexibility index (Phi) is 5.71. The largest absolute Gasteiger partial charge is 0.493 e. The van der Waals surface area contributed by atoms with Gasteiger partial charge in [-0.3, -0.25) is 19.4 Å². The molecule has 0 bridgehead atoms. The quantitative estimate of drug-likeness (QED) is 0.410. The van der Waals surface area contributed by atoms with Gasteiger partial charge in [0.2, 0.25) is 22.5 Å². The van der Waals surface area contributed by atoms with Crippen LogP contribution in [0.5, 0.6) is 5.88 Å². The summed E-state index contributed by atoms with van der Waals surface area (Å²) in [6, 6.07) is 1.94. The number of amides is 1. The summed E-state index contributed by atoms with van der Waals surface area (Å²) in [6.07, 6.45) is 3.25. The maximum Gasteiger partial charge on any atom is 0.334 e. The molecule has 2 atom stereocenters. The molecular formula is C22H24N8O5S. The molecular weight excluding hydrogens is 488 g/mol. The number of pyridine rings is 1. The number of rotatable bonds is 6. The van der Waals surface area contributed by atoms with E-state index in [1.807, 2.05) is 13.8 Å². The number of likely N-dealkylation sites (tertiary alicyclic amines) is 1. The van der Waals surface area contributed by atoms with Gasteiger partial charge >= 0.3 is 5.97 Å². The smallest absolute Gasteiger partial charge is 0.334 e. The summed E-state index contributed by atoms with van der Waals surface area (Å²) in [5, 5.41) is 27.8. The van der Waals surface area contributed by atoms with Gasteiger partial charge in [0, 0.05) is 30.3 Å². The molecule has 14 heteroatoms. The van der Waals surface area contributed by atoms with Crippen molar-refractivity contribution in [1.29, 1.82) is 0 Å². The van der Waals surface area contributed by atoms with E-state index in [2.05, 4.69) is 24.8 Å². The molecule has 5 heterocycles. The number of nitrogens with zero attached hydrogens (tertiary/aromatic N) is 7. The highest BCUT2D eigenvalue weighted by molar-refractivity contribution is 7.09. The lowest BCUT2D eigenvalue weighted by atomic mass is 9.78. The number of nitrogens with one attached hydrogen (secondary N) is 1. The van der Waals surface area contributed by atoms with Crippen LogP contribution in [0.15, 0.2) is 24.7 Å². The van der Waals surface area contributed by atoms with Crippen LogP contribution >= 0.6 is 11.5 Å². The summed E-state index contributed by atoms with van der Waals surface area (Å²) in [4.78, 5) is 51.5. The van der Waals surface area contributed by atoms with Gasteiger partial charge in [0.15, 0.2) is 11.6 Å². The summed E-state index contributed by atoms with van der Waals surface area (Å²) in [5.41, 5.74) is -1.30. The number of ketones is 1. The molecule has 3 aromatic heterocycles. The van der Waals surface area contributed by atoms with Crippen LogP contribution < -0.4 is 10.2 Å². The first-order valence-electron chi connectivity index (χ1n) is 11.3. The SMILES string of the molecule is Cc1ccnc2c1C(=O)C(C(=O)O)(N1CCC1C(=O)Nc1cc(O)n(C(C)C)n1)CN2c1ncns1. The zero-order valence-corrected chi connectivity index (χ0v) is 20.6. The molecule has 188 valence electrons. The molecule has 1 amide bonds. The van der Waals surface area contributed by atoms with Crippen molar-refractivity contribution in [3.63, 3.8) is 0 Å². The number of Topliss-reactive ketones (excluding diaryl/α,β-unsaturated/α-hetero) is 1. The van der Waals surface area contributed by atoms with E-state index in [4.69, 9.17) is 0 Å². The van der Waals surface area contributed by atoms with Crippen LogP contribution in [0.25, 0.3) is 0 Å². The first-order valence-corrected chi connectivity index (χ1v) is 12.1. The average Bonchev–Trinajstić information content (AvgIpc) is 3.44. The second-order valence-electron chi connectivity index (χ2n) is 9.04. The molecule has 0 aliphatic carbocycles. The maximum absolute atomic E-state index is 13.9. The van der Waals surface area contributed by atoms with Crippen molar-refractivity contribution in [2.45, 2.75) is 44.8 Å². The molecule has 1 saturated heterocycles. The predicted octanol–water partition coefficient (Wildman–Crippen LogP) is 1.60. The number of aromatic hydroxyl groups is 1. The summed E-state index contributed by atoms with van der Waals surface area (Å²) >= 11 is 1.05. The Morgan fingerprint density at radius 1 is 1.31 bits per heavy atom. The summed E-state index contributed by atoms with van der Waals surface area (Å²) in [7, 11) is 0. The lowest BCUT2D eigenvalue weighted by molar-refractivity contribution is -0.155. The van der Waals surface area contributed by atoms with Gasteiger partial charge in [-0.15, -0.1) is 0 Å². The zero-order chi connectivity index (χ0) is 25.8. The standard InChI is InChI=1S/C22H24N8O5S/c1-11(2)30-15(31)8-14(27-30)26-19(33)13-5-7-29(13)22(20(34)35)9-28(21-24-10-25-36-21)18-16(17(22)32)12(3)4-6-23-18/h4,6,8,10-11,13,31H,5,7,9H2,1-3H3,(H,34,35)(H,26,27,33). The van der Waals surface area contributed by atoms with Gasteiger partial charge in [-0.25, -0.2) is 19.4 Å². The van der Waals surface area contributed by atoms with Crippen LogP contribution in [-0.4, -0.2) is 81.6 Å². The molecule has 2 aliphatic heterocycles. The summed E-state index contributed by atoms with van der Waals surface area (Å²) < 4.78 is 5.37. The normalized spacial score (nSPS) is 21.8. The lowest BCUT2D eigenvalue weighted by Gasteiger charge is -2.52. The molecule has 2 unspecified atom stereocenters. The van der Waals surface area contributed by atoms with Gasteiger partial charge in [-0.2, -0.15) is 9.47 Å². The monoisotopic (exact) mass is 512 g/mol. The topological polar surface area (TPSA) is 167 Å². The number of fused-ring (bicyclic) bond motifs is 1. The van der Waals surface area contributed by atoms with E-state index in [0.717, 1.165) is 11.5 Å². The van der Waals surface area contributed by atoms with E-state index >= 15 is 0 Å². The molecule has 36 heavy (non-hydrogen) atoms. The Hall–Kier alpha value is -3.91. The number of carboxylic acid groups (broad SMARTS) is 1. The fourth-order valence-electron chi connectivity index (χ4n) is 4.72. The van der Waals surface area contributed by atoms with Gasteiger partial charge in [0.1, 0.15) is 12.1 Å². The fourth-order valence-corrected chi connectivity index (χ4v) is 5.25. The van der Waals surface area contributed by atoms with Crippen molar-refractivity contribution < 1.29 is 24.6 Å². The van der Waals surface area contributed by atoms with E-state index < -0.39 is 29.2 Å². The average molecular weight is 513 g/mol. The molecule has 3 aromatic rings. The Balaban J connectivity index is 1.52. The number of aromatic nitrogens is 5. The van der Waals surface area contributed by atoms with Gasteiger partial charge in [-0.05, 0) is 38.8 Å². The number of carboxylic acids is 1. The Morgan fingerprint density at radius 3 is 2.67 bits per heavy atom. The first-order chi connectivity index (χ1) is 17.1. The van der Waals surface area contributed by atoms with E-state index in [1.54, 1.807) is 24.1 Å². The van der Waals surface area contributed by atoms with Gasteiger partial charge in [0.25, 0.3) is 0 Å². The molecule has 1 fully saturated rings. The van der Waals surface area contributed by atoms with Crippen LogP contribution in [0.2, 0.25) is 0 Å². The minimum absolute atomic E-state index is 0.109. The van der Waals surface area contributed by atoms with E-state index in [9.17, 15) is 24.6 Å². The minimum atomic E-state index is -2.05. The summed E-state index contributed by atoms with van der Waals surface area (Å²) in [6.45, 7) is 5.31. The molecule has 0 aromatic carbocycles. The zero-order valence-electron chi connectivity index (χ0n) is 19.7. The van der Waals surface area contributed by atoms with E-state index in [0.29, 0.717) is 22.9 Å². The Labute approximate surface area is 209 Å². The molecule has 2 aliphatic rings. The highest BCUT2D eigenvalue weighted by Crippen LogP contribution is 2.43. The number of hydrogen-bond donors (Lipinski definition) is 3. The third-order valence-electron chi connectivity index (χ3n) is 6.59. The number of aliphatic carboxylic acids is 1. The number of carbonyl (C=O) groups excluding carboxylic acids is 2.